The standard InChI is InChI=1S/C16H32N2O2/c1-13(2)6-4-5-11-17-16(20)18(3)15-9-7-14(12-19)8-10-15/h13-15,19H,4-12H2,1-3H3,(H,17,20). The van der Waals surface area contributed by atoms with Crippen LogP contribution >= 0.6 is 0 Å². The van der Waals surface area contributed by atoms with Gasteiger partial charge in [0.25, 0.3) is 0 Å². The van der Waals surface area contributed by atoms with Crippen LogP contribution in [0.25, 0.3) is 0 Å². The van der Waals surface area contributed by atoms with Crippen LogP contribution < -0.4 is 5.32 Å². The highest BCUT2D eigenvalue weighted by atomic mass is 16.3. The molecule has 0 aromatic heterocycles. The van der Waals surface area contributed by atoms with Crippen LogP contribution in [0.1, 0.15) is 58.8 Å². The topological polar surface area (TPSA) is 52.6 Å². The molecule has 118 valence electrons. The minimum Gasteiger partial charge on any atom is -0.396 e. The lowest BCUT2D eigenvalue weighted by atomic mass is 9.86. The normalized spacial score (nSPS) is 22.9. The summed E-state index contributed by atoms with van der Waals surface area (Å²) in [7, 11) is 1.90. The maximum Gasteiger partial charge on any atom is 0.317 e. The Bertz CT molecular complexity index is 274. The largest absolute Gasteiger partial charge is 0.396 e. The number of carbonyl (C=O) groups excluding carboxylic acids is 1. The lowest BCUT2D eigenvalue weighted by Gasteiger charge is -2.34. The van der Waals surface area contributed by atoms with E-state index in [0.717, 1.165) is 44.6 Å². The third kappa shape index (κ3) is 6.12. The molecule has 1 aliphatic carbocycles. The lowest BCUT2D eigenvalue weighted by molar-refractivity contribution is 0.134. The van der Waals surface area contributed by atoms with Gasteiger partial charge in [-0.1, -0.05) is 26.7 Å². The molecule has 1 saturated carbocycles. The molecule has 0 radical (unpaired) electrons. The van der Waals surface area contributed by atoms with Crippen LogP contribution in [0.5, 0.6) is 0 Å². The SMILES string of the molecule is CC(C)CCCCNC(=O)N(C)C1CCC(CO)CC1. The fraction of sp³-hybridized carbons (Fsp3) is 0.938. The number of hydrogen-bond acceptors (Lipinski definition) is 2. The molecular weight excluding hydrogens is 252 g/mol. The summed E-state index contributed by atoms with van der Waals surface area (Å²) in [6.07, 6.45) is 7.58. The van der Waals surface area contributed by atoms with Crippen molar-refractivity contribution >= 4 is 6.03 Å². The van der Waals surface area contributed by atoms with Crippen molar-refractivity contribution in [1.29, 1.82) is 0 Å². The molecule has 0 unspecified atom stereocenters. The molecule has 0 aliphatic heterocycles. The number of rotatable bonds is 7. The van der Waals surface area contributed by atoms with E-state index in [1.165, 1.54) is 12.8 Å². The minimum absolute atomic E-state index is 0.0574. The monoisotopic (exact) mass is 284 g/mol. The summed E-state index contributed by atoms with van der Waals surface area (Å²) in [6.45, 7) is 5.53. The summed E-state index contributed by atoms with van der Waals surface area (Å²) in [5.74, 6) is 1.19. The fourth-order valence-electron chi connectivity index (χ4n) is 2.88. The van der Waals surface area contributed by atoms with Gasteiger partial charge in [-0.3, -0.25) is 0 Å². The van der Waals surface area contributed by atoms with Crippen LogP contribution in [0.15, 0.2) is 0 Å². The van der Waals surface area contributed by atoms with Gasteiger partial charge in [0.15, 0.2) is 0 Å². The fourth-order valence-corrected chi connectivity index (χ4v) is 2.88. The number of urea groups is 1. The highest BCUT2D eigenvalue weighted by Crippen LogP contribution is 2.26. The molecule has 0 spiro atoms. The van der Waals surface area contributed by atoms with Gasteiger partial charge < -0.3 is 15.3 Å². The van der Waals surface area contributed by atoms with Crippen molar-refractivity contribution in [3.05, 3.63) is 0 Å². The average Bonchev–Trinajstić information content (AvgIpc) is 2.45. The van der Waals surface area contributed by atoms with Crippen LogP contribution in [0.3, 0.4) is 0 Å². The van der Waals surface area contributed by atoms with Gasteiger partial charge in [0.1, 0.15) is 0 Å². The van der Waals surface area contributed by atoms with Gasteiger partial charge >= 0.3 is 6.03 Å². The quantitative estimate of drug-likeness (QED) is 0.706. The highest BCUT2D eigenvalue weighted by Gasteiger charge is 2.25. The molecule has 0 bridgehead atoms. The Morgan fingerprint density at radius 3 is 2.45 bits per heavy atom. The molecule has 1 aliphatic rings. The molecule has 0 saturated heterocycles. The van der Waals surface area contributed by atoms with E-state index in [2.05, 4.69) is 19.2 Å². The minimum atomic E-state index is 0.0574. The third-order valence-electron chi connectivity index (χ3n) is 4.43. The molecule has 4 nitrogen and oxygen atoms in total. The maximum atomic E-state index is 12.1. The van der Waals surface area contributed by atoms with Gasteiger partial charge in [-0.2, -0.15) is 0 Å². The van der Waals surface area contributed by atoms with Crippen LogP contribution in [0.2, 0.25) is 0 Å². The lowest BCUT2D eigenvalue weighted by Crippen LogP contribution is -2.45. The number of aliphatic hydroxyl groups is 1. The molecule has 0 atom stereocenters. The van der Waals surface area contributed by atoms with Crippen LogP contribution in [-0.2, 0) is 0 Å². The van der Waals surface area contributed by atoms with E-state index in [4.69, 9.17) is 5.11 Å². The average molecular weight is 284 g/mol. The number of amides is 2. The number of aliphatic hydroxyl groups excluding tert-OH is 1. The van der Waals surface area contributed by atoms with Gasteiger partial charge in [-0.25, -0.2) is 4.79 Å². The van der Waals surface area contributed by atoms with E-state index in [1.54, 1.807) is 0 Å². The molecule has 20 heavy (non-hydrogen) atoms. The van der Waals surface area contributed by atoms with Gasteiger partial charge in [0, 0.05) is 26.2 Å². The zero-order valence-electron chi connectivity index (χ0n) is 13.4. The van der Waals surface area contributed by atoms with Crippen LogP contribution in [-0.4, -0.2) is 42.3 Å². The van der Waals surface area contributed by atoms with Crippen molar-refractivity contribution in [2.24, 2.45) is 11.8 Å². The first-order chi connectivity index (χ1) is 9.54. The Morgan fingerprint density at radius 2 is 1.90 bits per heavy atom. The Kier molecular flexibility index (Phi) is 7.97. The predicted octanol–water partition coefficient (Wildman–Crippen LogP) is 3.01. The highest BCUT2D eigenvalue weighted by molar-refractivity contribution is 5.74. The molecule has 1 fully saturated rings. The molecular formula is C16H32N2O2. The number of unbranched alkanes of at least 4 members (excludes halogenated alkanes) is 1. The van der Waals surface area contributed by atoms with Crippen molar-refractivity contribution in [2.45, 2.75) is 64.8 Å². The number of nitrogens with one attached hydrogen (secondary N) is 1. The zero-order valence-corrected chi connectivity index (χ0v) is 13.4. The van der Waals surface area contributed by atoms with Crippen molar-refractivity contribution in [3.8, 4) is 0 Å². The molecule has 2 N–H and O–H groups in total. The second kappa shape index (κ2) is 9.22. The Hall–Kier alpha value is -0.770. The Labute approximate surface area is 123 Å². The summed E-state index contributed by atoms with van der Waals surface area (Å²) in [5.41, 5.74) is 0. The van der Waals surface area contributed by atoms with E-state index in [1.807, 2.05) is 11.9 Å². The molecule has 4 heteroatoms. The van der Waals surface area contributed by atoms with E-state index in [0.29, 0.717) is 18.6 Å². The van der Waals surface area contributed by atoms with E-state index < -0.39 is 0 Å². The second-order valence-electron chi connectivity index (χ2n) is 6.59. The molecule has 0 aromatic carbocycles. The van der Waals surface area contributed by atoms with E-state index >= 15 is 0 Å². The number of carbonyl (C=O) groups is 1. The maximum absolute atomic E-state index is 12.1. The third-order valence-corrected chi connectivity index (χ3v) is 4.43. The van der Waals surface area contributed by atoms with Gasteiger partial charge in [0.05, 0.1) is 0 Å². The van der Waals surface area contributed by atoms with Gasteiger partial charge in [-0.15, -0.1) is 0 Å². The first-order valence-corrected chi connectivity index (χ1v) is 8.16. The summed E-state index contributed by atoms with van der Waals surface area (Å²) in [4.78, 5) is 13.9. The van der Waals surface area contributed by atoms with Gasteiger partial charge in [-0.05, 0) is 43.9 Å². The van der Waals surface area contributed by atoms with Gasteiger partial charge in [0.2, 0.25) is 0 Å². The van der Waals surface area contributed by atoms with Crippen molar-refractivity contribution < 1.29 is 9.90 Å². The predicted molar refractivity (Wildman–Crippen MR) is 82.7 cm³/mol. The Balaban J connectivity index is 2.16. The number of nitrogens with zero attached hydrogens (tertiary/aromatic N) is 1. The smallest absolute Gasteiger partial charge is 0.317 e. The van der Waals surface area contributed by atoms with Crippen molar-refractivity contribution in [3.63, 3.8) is 0 Å². The van der Waals surface area contributed by atoms with E-state index in [-0.39, 0.29) is 6.03 Å². The van der Waals surface area contributed by atoms with Crippen molar-refractivity contribution in [2.75, 3.05) is 20.2 Å². The Morgan fingerprint density at radius 1 is 1.25 bits per heavy atom. The van der Waals surface area contributed by atoms with Crippen molar-refractivity contribution in [1.82, 2.24) is 10.2 Å². The molecule has 0 heterocycles. The number of hydrogen-bond donors (Lipinski definition) is 2. The second-order valence-corrected chi connectivity index (χ2v) is 6.59. The molecule has 2 amide bonds. The summed E-state index contributed by atoms with van der Waals surface area (Å²) < 4.78 is 0. The van der Waals surface area contributed by atoms with Crippen LogP contribution in [0.4, 0.5) is 4.79 Å². The summed E-state index contributed by atoms with van der Waals surface area (Å²) >= 11 is 0. The molecule has 1 rings (SSSR count). The summed E-state index contributed by atoms with van der Waals surface area (Å²) in [5, 5.41) is 12.2. The van der Waals surface area contributed by atoms with E-state index in [9.17, 15) is 4.79 Å². The molecule has 0 aromatic rings. The first-order valence-electron chi connectivity index (χ1n) is 8.16. The zero-order chi connectivity index (χ0) is 15.0. The summed E-state index contributed by atoms with van der Waals surface area (Å²) in [6, 6.07) is 0.399. The first kappa shape index (κ1) is 17.3. The van der Waals surface area contributed by atoms with Crippen LogP contribution in [0, 0.1) is 11.8 Å².